The van der Waals surface area contributed by atoms with Gasteiger partial charge in [-0.25, -0.2) is 14.8 Å². The van der Waals surface area contributed by atoms with E-state index in [9.17, 15) is 9.90 Å². The molecular formula is C23H26N8O3. The third-order valence-corrected chi connectivity index (χ3v) is 5.75. The molecule has 4 N–H and O–H groups in total. The Morgan fingerprint density at radius 2 is 1.97 bits per heavy atom. The Hall–Kier alpha value is -4.12. The highest BCUT2D eigenvalue weighted by atomic mass is 16.5. The normalized spacial score (nSPS) is 15.6. The number of benzene rings is 1. The van der Waals surface area contributed by atoms with Crippen molar-refractivity contribution in [2.24, 2.45) is 0 Å². The molecule has 2 aliphatic rings. The molecule has 5 rings (SSSR count). The van der Waals surface area contributed by atoms with Gasteiger partial charge < -0.3 is 35.6 Å². The van der Waals surface area contributed by atoms with Crippen LogP contribution in [0.2, 0.25) is 0 Å². The van der Waals surface area contributed by atoms with Gasteiger partial charge in [0.05, 0.1) is 6.54 Å². The summed E-state index contributed by atoms with van der Waals surface area (Å²) in [7, 11) is 2.13. The first-order valence-electron chi connectivity index (χ1n) is 11.1. The van der Waals surface area contributed by atoms with Crippen molar-refractivity contribution in [3.8, 4) is 5.75 Å². The van der Waals surface area contributed by atoms with E-state index in [1.807, 2.05) is 18.2 Å². The van der Waals surface area contributed by atoms with Crippen LogP contribution < -0.4 is 25.6 Å². The van der Waals surface area contributed by atoms with Gasteiger partial charge in [-0.1, -0.05) is 6.07 Å². The lowest BCUT2D eigenvalue weighted by Crippen LogP contribution is -2.44. The van der Waals surface area contributed by atoms with Gasteiger partial charge in [0.15, 0.2) is 17.4 Å². The summed E-state index contributed by atoms with van der Waals surface area (Å²) in [5, 5.41) is 19.0. The number of nitrogens with one attached hydrogen (secondary N) is 3. The van der Waals surface area contributed by atoms with Crippen LogP contribution in [0.1, 0.15) is 10.4 Å². The third kappa shape index (κ3) is 4.79. The lowest BCUT2D eigenvalue weighted by atomic mass is 10.2. The number of rotatable bonds is 6. The summed E-state index contributed by atoms with van der Waals surface area (Å²) in [6, 6.07) is 11.5. The van der Waals surface area contributed by atoms with Crippen molar-refractivity contribution in [1.82, 2.24) is 19.9 Å². The van der Waals surface area contributed by atoms with Gasteiger partial charge in [0.2, 0.25) is 5.95 Å². The molecule has 1 saturated heterocycles. The van der Waals surface area contributed by atoms with Crippen LogP contribution in [-0.4, -0.2) is 77.3 Å². The van der Waals surface area contributed by atoms with Crippen LogP contribution in [0.3, 0.4) is 0 Å². The molecule has 3 aromatic rings. The number of carbonyl (C=O) groups is 1. The summed E-state index contributed by atoms with van der Waals surface area (Å²) in [4.78, 5) is 29.5. The molecule has 2 aromatic heterocycles. The molecule has 0 spiro atoms. The van der Waals surface area contributed by atoms with Crippen LogP contribution in [0.25, 0.3) is 0 Å². The van der Waals surface area contributed by atoms with Gasteiger partial charge in [-0.2, -0.15) is 4.98 Å². The standard InChI is InChI=1S/C23H26N8O3/c1-30-8-10-31(11-9-30)16-4-2-3-15(13-16)26-23-25-14-17(22(32)33)20(29-23)27-19-6-5-18-21(28-19)24-7-12-34-18/h2-6,13-14H,7-12H2,1H3,(H,32,33)(H3,24,25,26,27,28,29). The maximum absolute atomic E-state index is 11.8. The van der Waals surface area contributed by atoms with E-state index in [1.54, 1.807) is 12.1 Å². The summed E-state index contributed by atoms with van der Waals surface area (Å²) in [5.41, 5.74) is 1.88. The zero-order valence-corrected chi connectivity index (χ0v) is 18.8. The number of pyridine rings is 1. The van der Waals surface area contributed by atoms with Crippen LogP contribution in [0.4, 0.5) is 34.8 Å². The number of nitrogens with zero attached hydrogens (tertiary/aromatic N) is 5. The number of carboxylic acid groups (broad SMARTS) is 1. The fourth-order valence-electron chi connectivity index (χ4n) is 3.88. The second kappa shape index (κ2) is 9.40. The monoisotopic (exact) mass is 462 g/mol. The number of hydrogen-bond donors (Lipinski definition) is 4. The second-order valence-electron chi connectivity index (χ2n) is 8.17. The van der Waals surface area contributed by atoms with E-state index >= 15 is 0 Å². The van der Waals surface area contributed by atoms with E-state index < -0.39 is 5.97 Å². The molecule has 4 heterocycles. The average Bonchev–Trinajstić information content (AvgIpc) is 2.84. The number of piperazine rings is 1. The highest BCUT2D eigenvalue weighted by Gasteiger charge is 2.18. The van der Waals surface area contributed by atoms with Crippen molar-refractivity contribution in [2.75, 3.05) is 67.2 Å². The van der Waals surface area contributed by atoms with E-state index in [0.29, 0.717) is 30.5 Å². The molecule has 0 amide bonds. The quantitative estimate of drug-likeness (QED) is 0.432. The Balaban J connectivity index is 1.37. The minimum absolute atomic E-state index is 0.0551. The molecule has 11 heteroatoms. The van der Waals surface area contributed by atoms with Crippen LogP contribution in [0, 0.1) is 0 Å². The molecule has 176 valence electrons. The third-order valence-electron chi connectivity index (χ3n) is 5.75. The number of aromatic carboxylic acids is 1. The summed E-state index contributed by atoms with van der Waals surface area (Å²) < 4.78 is 5.55. The van der Waals surface area contributed by atoms with Gasteiger partial charge in [-0.15, -0.1) is 0 Å². The van der Waals surface area contributed by atoms with Crippen molar-refractivity contribution in [2.45, 2.75) is 0 Å². The second-order valence-corrected chi connectivity index (χ2v) is 8.17. The topological polar surface area (TPSA) is 128 Å². The molecule has 0 unspecified atom stereocenters. The van der Waals surface area contributed by atoms with Gasteiger partial charge in [0.25, 0.3) is 0 Å². The molecular weight excluding hydrogens is 436 g/mol. The van der Waals surface area contributed by atoms with Gasteiger partial charge in [-0.05, 0) is 37.4 Å². The van der Waals surface area contributed by atoms with E-state index in [4.69, 9.17) is 4.74 Å². The van der Waals surface area contributed by atoms with Crippen molar-refractivity contribution in [3.05, 3.63) is 48.2 Å². The fourth-order valence-corrected chi connectivity index (χ4v) is 3.88. The van der Waals surface area contributed by atoms with Crippen LogP contribution in [0.15, 0.2) is 42.6 Å². The number of likely N-dealkylation sites (N-methyl/N-ethyl adjacent to an activating group) is 1. The molecule has 1 fully saturated rings. The first-order chi connectivity index (χ1) is 16.5. The van der Waals surface area contributed by atoms with E-state index in [0.717, 1.165) is 37.6 Å². The van der Waals surface area contributed by atoms with Crippen LogP contribution >= 0.6 is 0 Å². The van der Waals surface area contributed by atoms with E-state index in [-0.39, 0.29) is 17.3 Å². The first-order valence-corrected chi connectivity index (χ1v) is 11.1. The van der Waals surface area contributed by atoms with Gasteiger partial charge >= 0.3 is 5.97 Å². The SMILES string of the molecule is CN1CCN(c2cccc(Nc3ncc(C(=O)O)c(Nc4ccc5c(n4)NCCO5)n3)c2)CC1. The van der Waals surface area contributed by atoms with E-state index in [2.05, 4.69) is 53.8 Å². The van der Waals surface area contributed by atoms with E-state index in [1.165, 1.54) is 6.20 Å². The van der Waals surface area contributed by atoms with Crippen LogP contribution in [-0.2, 0) is 0 Å². The van der Waals surface area contributed by atoms with Gasteiger partial charge in [0.1, 0.15) is 18.0 Å². The molecule has 0 saturated carbocycles. The van der Waals surface area contributed by atoms with Gasteiger partial charge in [0, 0.05) is 43.8 Å². The summed E-state index contributed by atoms with van der Waals surface area (Å²) >= 11 is 0. The molecule has 0 bridgehead atoms. The van der Waals surface area contributed by atoms with Crippen molar-refractivity contribution >= 4 is 40.7 Å². The predicted octanol–water partition coefficient (Wildman–Crippen LogP) is 2.61. The average molecular weight is 463 g/mol. The number of carboxylic acids is 1. The highest BCUT2D eigenvalue weighted by molar-refractivity contribution is 5.93. The Kier molecular flexibility index (Phi) is 6.00. The molecule has 0 radical (unpaired) electrons. The minimum Gasteiger partial charge on any atom is -0.488 e. The Bertz CT molecular complexity index is 1200. The van der Waals surface area contributed by atoms with Crippen molar-refractivity contribution < 1.29 is 14.6 Å². The lowest BCUT2D eigenvalue weighted by Gasteiger charge is -2.34. The Morgan fingerprint density at radius 1 is 1.12 bits per heavy atom. The highest BCUT2D eigenvalue weighted by Crippen LogP contribution is 2.29. The molecule has 1 aromatic carbocycles. The fraction of sp³-hybridized carbons (Fsp3) is 0.304. The molecule has 2 aliphatic heterocycles. The summed E-state index contributed by atoms with van der Waals surface area (Å²) in [6.45, 7) is 5.19. The maximum Gasteiger partial charge on any atom is 0.341 e. The first kappa shape index (κ1) is 21.7. The largest absolute Gasteiger partial charge is 0.488 e. The molecule has 0 atom stereocenters. The predicted molar refractivity (Wildman–Crippen MR) is 130 cm³/mol. The smallest absolute Gasteiger partial charge is 0.341 e. The summed E-state index contributed by atoms with van der Waals surface area (Å²) in [5.74, 6) is 0.986. The maximum atomic E-state index is 11.8. The zero-order valence-electron chi connectivity index (χ0n) is 18.8. The Labute approximate surface area is 196 Å². The minimum atomic E-state index is -1.13. The molecule has 34 heavy (non-hydrogen) atoms. The van der Waals surface area contributed by atoms with Crippen LogP contribution in [0.5, 0.6) is 5.75 Å². The van der Waals surface area contributed by atoms with Crippen molar-refractivity contribution in [3.63, 3.8) is 0 Å². The number of fused-ring (bicyclic) bond motifs is 1. The molecule has 11 nitrogen and oxygen atoms in total. The zero-order chi connectivity index (χ0) is 23.5. The Morgan fingerprint density at radius 3 is 2.79 bits per heavy atom. The van der Waals surface area contributed by atoms with Crippen molar-refractivity contribution in [1.29, 1.82) is 0 Å². The number of hydrogen-bond acceptors (Lipinski definition) is 10. The number of ether oxygens (including phenoxy) is 1. The lowest BCUT2D eigenvalue weighted by molar-refractivity contribution is 0.0697. The molecule has 0 aliphatic carbocycles. The summed E-state index contributed by atoms with van der Waals surface area (Å²) in [6.07, 6.45) is 1.28. The number of anilines is 6. The van der Waals surface area contributed by atoms with Gasteiger partial charge in [-0.3, -0.25) is 0 Å². The number of aromatic nitrogens is 3.